The van der Waals surface area contributed by atoms with Crippen molar-refractivity contribution in [3.63, 3.8) is 0 Å². The van der Waals surface area contributed by atoms with Gasteiger partial charge in [-0.15, -0.1) is 10.2 Å². The third-order valence-electron chi connectivity index (χ3n) is 3.86. The van der Waals surface area contributed by atoms with Crippen molar-refractivity contribution in [2.24, 2.45) is 0 Å². The van der Waals surface area contributed by atoms with Crippen molar-refractivity contribution in [3.8, 4) is 11.5 Å². The SMILES string of the molecule is COc1ccc(/C=C/C(=O)Nc2nnc(SCC(=O)Nc3ccccc3)s2)cc1OC. The van der Waals surface area contributed by atoms with E-state index in [-0.39, 0.29) is 17.6 Å². The summed E-state index contributed by atoms with van der Waals surface area (Å²) in [5, 5.41) is 13.7. The van der Waals surface area contributed by atoms with Gasteiger partial charge in [0.25, 0.3) is 0 Å². The van der Waals surface area contributed by atoms with E-state index in [1.165, 1.54) is 29.2 Å². The molecule has 3 aromatic rings. The van der Waals surface area contributed by atoms with Gasteiger partial charge in [-0.1, -0.05) is 47.4 Å². The Labute approximate surface area is 187 Å². The standard InChI is InChI=1S/C21H20N4O4S2/c1-28-16-10-8-14(12-17(16)29-2)9-11-18(26)23-20-24-25-21(31-20)30-13-19(27)22-15-6-4-3-5-7-15/h3-12H,13H2,1-2H3,(H,22,27)(H,23,24,26)/b11-9+. The average Bonchev–Trinajstić information content (AvgIpc) is 3.24. The summed E-state index contributed by atoms with van der Waals surface area (Å²) in [5.41, 5.74) is 1.52. The highest BCUT2D eigenvalue weighted by atomic mass is 32.2. The summed E-state index contributed by atoms with van der Waals surface area (Å²) < 4.78 is 11.0. The molecule has 2 N–H and O–H groups in total. The molecule has 0 bridgehead atoms. The molecule has 0 spiro atoms. The maximum atomic E-state index is 12.2. The highest BCUT2D eigenvalue weighted by Gasteiger charge is 2.10. The predicted molar refractivity (Wildman–Crippen MR) is 123 cm³/mol. The number of nitrogens with one attached hydrogen (secondary N) is 2. The number of hydrogen-bond acceptors (Lipinski definition) is 8. The van der Waals surface area contributed by atoms with Crippen LogP contribution >= 0.6 is 23.1 Å². The van der Waals surface area contributed by atoms with Crippen LogP contribution in [0.2, 0.25) is 0 Å². The number of amides is 2. The van der Waals surface area contributed by atoms with Gasteiger partial charge < -0.3 is 14.8 Å². The lowest BCUT2D eigenvalue weighted by Gasteiger charge is -2.07. The minimum Gasteiger partial charge on any atom is -0.493 e. The average molecular weight is 457 g/mol. The Bertz CT molecular complexity index is 1070. The van der Waals surface area contributed by atoms with Crippen LogP contribution in [0.4, 0.5) is 10.8 Å². The zero-order valence-corrected chi connectivity index (χ0v) is 18.5. The van der Waals surface area contributed by atoms with Gasteiger partial charge >= 0.3 is 0 Å². The number of para-hydroxylation sites is 1. The number of carbonyl (C=O) groups is 2. The lowest BCUT2D eigenvalue weighted by molar-refractivity contribution is -0.114. The van der Waals surface area contributed by atoms with E-state index in [9.17, 15) is 9.59 Å². The lowest BCUT2D eigenvalue weighted by atomic mass is 10.2. The fourth-order valence-electron chi connectivity index (χ4n) is 2.44. The summed E-state index contributed by atoms with van der Waals surface area (Å²) >= 11 is 2.45. The first-order chi connectivity index (χ1) is 15.1. The summed E-state index contributed by atoms with van der Waals surface area (Å²) in [6.07, 6.45) is 3.05. The summed E-state index contributed by atoms with van der Waals surface area (Å²) in [6, 6.07) is 14.6. The molecule has 0 aliphatic heterocycles. The lowest BCUT2D eigenvalue weighted by Crippen LogP contribution is -2.13. The Morgan fingerprint density at radius 2 is 1.81 bits per heavy atom. The number of methoxy groups -OCH3 is 2. The molecule has 8 nitrogen and oxygen atoms in total. The molecule has 0 saturated heterocycles. The summed E-state index contributed by atoms with van der Waals surface area (Å²) in [5.74, 6) is 0.892. The molecule has 3 rings (SSSR count). The van der Waals surface area contributed by atoms with Crippen molar-refractivity contribution in [1.29, 1.82) is 0 Å². The van der Waals surface area contributed by atoms with Crippen LogP contribution in [0.25, 0.3) is 6.08 Å². The van der Waals surface area contributed by atoms with E-state index in [1.54, 1.807) is 32.4 Å². The third-order valence-corrected chi connectivity index (χ3v) is 5.83. The maximum Gasteiger partial charge on any atom is 0.250 e. The molecule has 0 radical (unpaired) electrons. The van der Waals surface area contributed by atoms with Crippen LogP contribution in [0.15, 0.2) is 58.9 Å². The van der Waals surface area contributed by atoms with Crippen molar-refractivity contribution in [2.75, 3.05) is 30.6 Å². The van der Waals surface area contributed by atoms with Gasteiger partial charge in [0, 0.05) is 11.8 Å². The minimum absolute atomic E-state index is 0.144. The molecule has 1 aromatic heterocycles. The van der Waals surface area contributed by atoms with Crippen molar-refractivity contribution >= 4 is 51.8 Å². The Morgan fingerprint density at radius 1 is 1.03 bits per heavy atom. The second kappa shape index (κ2) is 11.1. The van der Waals surface area contributed by atoms with E-state index in [4.69, 9.17) is 9.47 Å². The van der Waals surface area contributed by atoms with Crippen LogP contribution in [0, 0.1) is 0 Å². The minimum atomic E-state index is -0.343. The van der Waals surface area contributed by atoms with Gasteiger partial charge in [-0.05, 0) is 35.9 Å². The number of ether oxygens (including phenoxy) is 2. The second-order valence-corrected chi connectivity index (χ2v) is 8.21. The first-order valence-corrected chi connectivity index (χ1v) is 10.9. The third kappa shape index (κ3) is 6.83. The number of carbonyl (C=O) groups excluding carboxylic acids is 2. The van der Waals surface area contributed by atoms with Gasteiger partial charge in [-0.2, -0.15) is 0 Å². The highest BCUT2D eigenvalue weighted by molar-refractivity contribution is 8.01. The molecule has 0 aliphatic rings. The van der Waals surface area contributed by atoms with E-state index in [1.807, 2.05) is 36.4 Å². The fraction of sp³-hybridized carbons (Fsp3) is 0.143. The molecule has 1 heterocycles. The van der Waals surface area contributed by atoms with E-state index in [2.05, 4.69) is 20.8 Å². The highest BCUT2D eigenvalue weighted by Crippen LogP contribution is 2.28. The molecular formula is C21H20N4O4S2. The van der Waals surface area contributed by atoms with Crippen LogP contribution in [0.3, 0.4) is 0 Å². The van der Waals surface area contributed by atoms with Crippen LogP contribution < -0.4 is 20.1 Å². The smallest absolute Gasteiger partial charge is 0.250 e. The molecule has 2 aromatic carbocycles. The molecule has 0 aliphatic carbocycles. The van der Waals surface area contributed by atoms with Crippen LogP contribution in [0.5, 0.6) is 11.5 Å². The zero-order chi connectivity index (χ0) is 22.1. The summed E-state index contributed by atoms with van der Waals surface area (Å²) in [7, 11) is 3.11. The molecular weight excluding hydrogens is 436 g/mol. The first kappa shape index (κ1) is 22.3. The molecule has 10 heteroatoms. The molecule has 0 saturated carbocycles. The molecule has 0 unspecified atom stereocenters. The monoisotopic (exact) mass is 456 g/mol. The predicted octanol–water partition coefficient (Wildman–Crippen LogP) is 3.94. The number of hydrogen-bond donors (Lipinski definition) is 2. The molecule has 160 valence electrons. The molecule has 2 amide bonds. The van der Waals surface area contributed by atoms with Crippen LogP contribution in [-0.4, -0.2) is 42.0 Å². The first-order valence-electron chi connectivity index (χ1n) is 9.09. The van der Waals surface area contributed by atoms with E-state index < -0.39 is 0 Å². The van der Waals surface area contributed by atoms with Gasteiger partial charge in [-0.3, -0.25) is 14.9 Å². The quantitative estimate of drug-likeness (QED) is 0.286. The number of thioether (sulfide) groups is 1. The van der Waals surface area contributed by atoms with Crippen molar-refractivity contribution in [1.82, 2.24) is 10.2 Å². The summed E-state index contributed by atoms with van der Waals surface area (Å²) in [6.45, 7) is 0. The van der Waals surface area contributed by atoms with Crippen molar-refractivity contribution in [2.45, 2.75) is 4.34 Å². The van der Waals surface area contributed by atoms with Crippen LogP contribution in [-0.2, 0) is 9.59 Å². The maximum absolute atomic E-state index is 12.2. The van der Waals surface area contributed by atoms with E-state index in [0.29, 0.717) is 21.0 Å². The van der Waals surface area contributed by atoms with Crippen LogP contribution in [0.1, 0.15) is 5.56 Å². The van der Waals surface area contributed by atoms with Gasteiger partial charge in [-0.25, -0.2) is 0 Å². The normalized spacial score (nSPS) is 10.6. The number of nitrogens with zero attached hydrogens (tertiary/aromatic N) is 2. The Balaban J connectivity index is 1.49. The second-order valence-electron chi connectivity index (χ2n) is 6.01. The zero-order valence-electron chi connectivity index (χ0n) is 16.8. The topological polar surface area (TPSA) is 102 Å². The van der Waals surface area contributed by atoms with Gasteiger partial charge in [0.15, 0.2) is 15.8 Å². The van der Waals surface area contributed by atoms with Crippen molar-refractivity contribution in [3.05, 3.63) is 60.2 Å². The summed E-state index contributed by atoms with van der Waals surface area (Å²) in [4.78, 5) is 24.2. The molecule has 0 atom stereocenters. The van der Waals surface area contributed by atoms with E-state index >= 15 is 0 Å². The number of rotatable bonds is 9. The van der Waals surface area contributed by atoms with Crippen molar-refractivity contribution < 1.29 is 19.1 Å². The van der Waals surface area contributed by atoms with E-state index in [0.717, 1.165) is 11.3 Å². The fourth-order valence-corrected chi connectivity index (χ4v) is 3.99. The molecule has 31 heavy (non-hydrogen) atoms. The Morgan fingerprint density at radius 3 is 2.55 bits per heavy atom. The number of aromatic nitrogens is 2. The Kier molecular flexibility index (Phi) is 8.02. The van der Waals surface area contributed by atoms with Gasteiger partial charge in [0.05, 0.1) is 20.0 Å². The number of benzene rings is 2. The number of anilines is 2. The van der Waals surface area contributed by atoms with Gasteiger partial charge in [0.2, 0.25) is 16.9 Å². The Hall–Kier alpha value is -3.37. The van der Waals surface area contributed by atoms with Gasteiger partial charge in [0.1, 0.15) is 0 Å². The molecule has 0 fully saturated rings. The largest absolute Gasteiger partial charge is 0.493 e.